The summed E-state index contributed by atoms with van der Waals surface area (Å²) in [6, 6.07) is 4.04. The maximum absolute atomic E-state index is 5.61. The third kappa shape index (κ3) is 1.33. The van der Waals surface area contributed by atoms with Crippen LogP contribution >= 0.6 is 49.9 Å². The van der Waals surface area contributed by atoms with Crippen LogP contribution in [0.15, 0.2) is 16.6 Å². The van der Waals surface area contributed by atoms with Crippen molar-refractivity contribution in [3.63, 3.8) is 0 Å². The van der Waals surface area contributed by atoms with Crippen LogP contribution in [0.5, 0.6) is 0 Å². The molecule has 2 rings (SSSR count). The topological polar surface area (TPSA) is 38.9 Å². The maximum atomic E-state index is 5.61. The van der Waals surface area contributed by atoms with Gasteiger partial charge in [-0.3, -0.25) is 0 Å². The molecule has 0 atom stereocenters. The first kappa shape index (κ1) is 8.71. The Morgan fingerprint density at radius 2 is 2.25 bits per heavy atom. The van der Waals surface area contributed by atoms with Gasteiger partial charge in [0.1, 0.15) is 0 Å². The van der Waals surface area contributed by atoms with Gasteiger partial charge in [0.25, 0.3) is 0 Å². The maximum Gasteiger partial charge on any atom is 0.181 e. The molecule has 2 nitrogen and oxygen atoms in total. The minimum atomic E-state index is 0.620. The van der Waals surface area contributed by atoms with Gasteiger partial charge < -0.3 is 5.73 Å². The van der Waals surface area contributed by atoms with Gasteiger partial charge in [-0.1, -0.05) is 11.3 Å². The van der Waals surface area contributed by atoms with Gasteiger partial charge in [-0.15, -0.1) is 0 Å². The van der Waals surface area contributed by atoms with Gasteiger partial charge in [-0.2, -0.15) is 0 Å². The molecule has 0 saturated heterocycles. The van der Waals surface area contributed by atoms with Crippen molar-refractivity contribution in [3.05, 3.63) is 20.2 Å². The number of hydrogen-bond donors (Lipinski definition) is 1. The highest BCUT2D eigenvalue weighted by atomic mass is 127. The largest absolute Gasteiger partial charge is 0.375 e. The molecular formula is C7H4BrIN2S. The predicted molar refractivity (Wildman–Crippen MR) is 64.4 cm³/mol. The lowest BCUT2D eigenvalue weighted by Crippen LogP contribution is -1.80. The molecule has 0 bridgehead atoms. The van der Waals surface area contributed by atoms with E-state index >= 15 is 0 Å². The summed E-state index contributed by atoms with van der Waals surface area (Å²) in [7, 11) is 0. The fraction of sp³-hybridized carbons (Fsp3) is 0. The minimum Gasteiger partial charge on any atom is -0.375 e. The van der Waals surface area contributed by atoms with Crippen molar-refractivity contribution < 1.29 is 0 Å². The average Bonchev–Trinajstić information content (AvgIpc) is 2.41. The Bertz CT molecular complexity index is 401. The summed E-state index contributed by atoms with van der Waals surface area (Å²) in [6.07, 6.45) is 0. The van der Waals surface area contributed by atoms with Gasteiger partial charge in [0.05, 0.1) is 10.2 Å². The molecule has 0 amide bonds. The molecule has 1 aromatic carbocycles. The predicted octanol–water partition coefficient (Wildman–Crippen LogP) is 3.25. The van der Waals surface area contributed by atoms with E-state index < -0.39 is 0 Å². The lowest BCUT2D eigenvalue weighted by Gasteiger charge is -1.93. The van der Waals surface area contributed by atoms with Crippen LogP contribution in [0.3, 0.4) is 0 Å². The standard InChI is InChI=1S/C7H4BrIN2S/c8-3-1-2-4(9)5-6(3)12-7(10)11-5/h1-2H,(H2,10,11). The van der Waals surface area contributed by atoms with E-state index in [9.17, 15) is 0 Å². The van der Waals surface area contributed by atoms with Crippen molar-refractivity contribution in [2.24, 2.45) is 0 Å². The Labute approximate surface area is 95.4 Å². The summed E-state index contributed by atoms with van der Waals surface area (Å²) in [5.41, 5.74) is 6.60. The van der Waals surface area contributed by atoms with Gasteiger partial charge in [0.2, 0.25) is 0 Å². The van der Waals surface area contributed by atoms with E-state index in [-0.39, 0.29) is 0 Å². The molecule has 1 aromatic heterocycles. The van der Waals surface area contributed by atoms with Gasteiger partial charge in [-0.25, -0.2) is 4.98 Å². The minimum absolute atomic E-state index is 0.620. The first-order valence-electron chi connectivity index (χ1n) is 3.18. The number of rotatable bonds is 0. The molecule has 5 heteroatoms. The summed E-state index contributed by atoms with van der Waals surface area (Å²) < 4.78 is 3.32. The van der Waals surface area contributed by atoms with E-state index in [0.717, 1.165) is 18.3 Å². The van der Waals surface area contributed by atoms with Crippen LogP contribution in [0.4, 0.5) is 5.13 Å². The molecule has 0 aliphatic heterocycles. The number of benzene rings is 1. The summed E-state index contributed by atoms with van der Waals surface area (Å²) >= 11 is 7.22. The molecule has 2 N–H and O–H groups in total. The van der Waals surface area contributed by atoms with Gasteiger partial charge in [-0.05, 0) is 50.7 Å². The number of aromatic nitrogens is 1. The smallest absolute Gasteiger partial charge is 0.181 e. The van der Waals surface area contributed by atoms with Crippen molar-refractivity contribution >= 4 is 65.2 Å². The monoisotopic (exact) mass is 354 g/mol. The Morgan fingerprint density at radius 3 is 2.92 bits per heavy atom. The molecule has 0 aliphatic carbocycles. The van der Waals surface area contributed by atoms with Crippen LogP contribution in [0.1, 0.15) is 0 Å². The second kappa shape index (κ2) is 3.12. The molecule has 0 radical (unpaired) electrons. The Balaban J connectivity index is 2.93. The normalized spacial score (nSPS) is 10.8. The SMILES string of the molecule is Nc1nc2c(I)ccc(Br)c2s1. The van der Waals surface area contributed by atoms with Gasteiger partial charge >= 0.3 is 0 Å². The van der Waals surface area contributed by atoms with Gasteiger partial charge in [0.15, 0.2) is 5.13 Å². The fourth-order valence-corrected chi connectivity index (χ4v) is 3.04. The fourth-order valence-electron chi connectivity index (χ4n) is 0.961. The molecule has 0 spiro atoms. The third-order valence-corrected chi connectivity index (χ3v) is 4.17. The van der Waals surface area contributed by atoms with Crippen molar-refractivity contribution in [2.45, 2.75) is 0 Å². The van der Waals surface area contributed by atoms with Crippen molar-refractivity contribution in [3.8, 4) is 0 Å². The molecule has 0 unspecified atom stereocenters. The zero-order valence-electron chi connectivity index (χ0n) is 5.84. The third-order valence-electron chi connectivity index (χ3n) is 1.46. The molecule has 12 heavy (non-hydrogen) atoms. The molecule has 0 aliphatic rings. The first-order chi connectivity index (χ1) is 5.68. The van der Waals surface area contributed by atoms with Crippen LogP contribution in [-0.2, 0) is 0 Å². The van der Waals surface area contributed by atoms with E-state index in [2.05, 4.69) is 43.5 Å². The Morgan fingerprint density at radius 1 is 1.50 bits per heavy atom. The lowest BCUT2D eigenvalue weighted by atomic mass is 10.3. The van der Waals surface area contributed by atoms with E-state index in [1.165, 1.54) is 11.3 Å². The van der Waals surface area contributed by atoms with E-state index in [0.29, 0.717) is 5.13 Å². The average molecular weight is 355 g/mol. The van der Waals surface area contributed by atoms with Crippen LogP contribution in [-0.4, -0.2) is 4.98 Å². The lowest BCUT2D eigenvalue weighted by molar-refractivity contribution is 1.48. The first-order valence-corrected chi connectivity index (χ1v) is 5.87. The Kier molecular flexibility index (Phi) is 2.26. The molecular weight excluding hydrogens is 351 g/mol. The van der Waals surface area contributed by atoms with Crippen LogP contribution in [0, 0.1) is 3.57 Å². The van der Waals surface area contributed by atoms with Crippen molar-refractivity contribution in [2.75, 3.05) is 5.73 Å². The summed E-state index contributed by atoms with van der Waals surface area (Å²) in [5.74, 6) is 0. The highest BCUT2D eigenvalue weighted by Crippen LogP contribution is 2.33. The number of hydrogen-bond acceptors (Lipinski definition) is 3. The second-order valence-electron chi connectivity index (χ2n) is 2.26. The molecule has 2 aromatic rings. The highest BCUT2D eigenvalue weighted by molar-refractivity contribution is 14.1. The zero-order valence-corrected chi connectivity index (χ0v) is 10.4. The number of nitrogens with zero attached hydrogens (tertiary/aromatic N) is 1. The number of thiazole rings is 1. The zero-order chi connectivity index (χ0) is 8.72. The molecule has 0 saturated carbocycles. The number of nitrogens with two attached hydrogens (primary N) is 1. The number of fused-ring (bicyclic) bond motifs is 1. The highest BCUT2D eigenvalue weighted by Gasteiger charge is 2.07. The van der Waals surface area contributed by atoms with E-state index in [1.807, 2.05) is 12.1 Å². The molecule has 62 valence electrons. The van der Waals surface area contributed by atoms with Crippen LogP contribution in [0.2, 0.25) is 0 Å². The summed E-state index contributed by atoms with van der Waals surface area (Å²) in [4.78, 5) is 4.23. The quantitative estimate of drug-likeness (QED) is 0.737. The van der Waals surface area contributed by atoms with Crippen molar-refractivity contribution in [1.82, 2.24) is 4.98 Å². The van der Waals surface area contributed by atoms with Crippen LogP contribution < -0.4 is 5.73 Å². The molecule has 1 heterocycles. The molecule has 0 fully saturated rings. The number of halogens is 2. The van der Waals surface area contributed by atoms with E-state index in [1.54, 1.807) is 0 Å². The van der Waals surface area contributed by atoms with E-state index in [4.69, 9.17) is 5.73 Å². The van der Waals surface area contributed by atoms with Crippen LogP contribution in [0.25, 0.3) is 10.2 Å². The summed E-state index contributed by atoms with van der Waals surface area (Å²) in [5, 5.41) is 0.620. The second-order valence-corrected chi connectivity index (χ2v) is 5.31. The number of anilines is 1. The van der Waals surface area contributed by atoms with Crippen molar-refractivity contribution in [1.29, 1.82) is 0 Å². The summed E-state index contributed by atoms with van der Waals surface area (Å²) in [6.45, 7) is 0. The Hall–Kier alpha value is 0.120. The van der Waals surface area contributed by atoms with Gasteiger partial charge in [0, 0.05) is 8.04 Å². The number of nitrogen functional groups attached to an aromatic ring is 1.